The van der Waals surface area contributed by atoms with Crippen molar-refractivity contribution in [3.05, 3.63) is 29.8 Å². The van der Waals surface area contributed by atoms with Crippen LogP contribution in [0.15, 0.2) is 24.3 Å². The van der Waals surface area contributed by atoms with Gasteiger partial charge in [-0.3, -0.25) is 9.59 Å². The van der Waals surface area contributed by atoms with Gasteiger partial charge in [0.25, 0.3) is 5.91 Å². The molecule has 5 heteroatoms. The molecule has 0 unspecified atom stereocenters. The van der Waals surface area contributed by atoms with Gasteiger partial charge >= 0.3 is 0 Å². The number of hydrogen-bond donors (Lipinski definition) is 1. The van der Waals surface area contributed by atoms with Crippen LogP contribution in [0.5, 0.6) is 5.75 Å². The number of nitrogens with zero attached hydrogens (tertiary/aromatic N) is 2. The first-order chi connectivity index (χ1) is 11.5. The van der Waals surface area contributed by atoms with E-state index < -0.39 is 6.04 Å². The monoisotopic (exact) mass is 330 g/mol. The molecule has 0 aromatic heterocycles. The molecular formula is C19H26N2O3. The summed E-state index contributed by atoms with van der Waals surface area (Å²) in [6.07, 6.45) is 2.68. The quantitative estimate of drug-likeness (QED) is 0.906. The van der Waals surface area contributed by atoms with Gasteiger partial charge in [0, 0.05) is 19.6 Å². The highest BCUT2D eigenvalue weighted by atomic mass is 16.3. The average molecular weight is 330 g/mol. The number of rotatable bonds is 2. The number of benzene rings is 1. The summed E-state index contributed by atoms with van der Waals surface area (Å²) in [5.74, 6) is 0.792. The lowest BCUT2D eigenvalue weighted by Gasteiger charge is -2.38. The van der Waals surface area contributed by atoms with Crippen LogP contribution in [0.2, 0.25) is 0 Å². The number of amides is 2. The number of phenolic OH excluding ortho intramolecular Hbond substituents is 1. The zero-order valence-electron chi connectivity index (χ0n) is 14.4. The van der Waals surface area contributed by atoms with Crippen molar-refractivity contribution in [3.63, 3.8) is 0 Å². The lowest BCUT2D eigenvalue weighted by atomic mass is 9.91. The third kappa shape index (κ3) is 3.25. The number of hydrogen-bond acceptors (Lipinski definition) is 3. The van der Waals surface area contributed by atoms with Crippen LogP contribution in [-0.2, 0) is 4.79 Å². The first kappa shape index (κ1) is 16.8. The number of carbonyl (C=O) groups is 2. The van der Waals surface area contributed by atoms with Gasteiger partial charge in [-0.1, -0.05) is 26.0 Å². The standard InChI is InChI=1S/C19H26N2O3/c1-13-10-14(2)12-20(11-13)19(24)16-7-5-9-21(16)18(23)15-6-3-4-8-17(15)22/h3-4,6,8,13-14,16,22H,5,7,9-12H2,1-2H3/t13-,14-,16-/m1/s1. The van der Waals surface area contributed by atoms with E-state index in [-0.39, 0.29) is 23.1 Å². The van der Waals surface area contributed by atoms with Crippen LogP contribution >= 0.6 is 0 Å². The third-order valence-electron chi connectivity index (χ3n) is 5.11. The molecule has 1 aromatic carbocycles. The van der Waals surface area contributed by atoms with Gasteiger partial charge in [-0.25, -0.2) is 0 Å². The minimum Gasteiger partial charge on any atom is -0.507 e. The number of piperidine rings is 1. The number of aromatic hydroxyl groups is 1. The SMILES string of the molecule is C[C@@H]1C[C@@H](C)CN(C(=O)[C@H]2CCCN2C(=O)c2ccccc2O)C1. The number of para-hydroxylation sites is 1. The third-order valence-corrected chi connectivity index (χ3v) is 5.11. The molecule has 3 rings (SSSR count). The first-order valence-corrected chi connectivity index (χ1v) is 8.85. The highest BCUT2D eigenvalue weighted by molar-refractivity contribution is 5.99. The van der Waals surface area contributed by atoms with Crippen molar-refractivity contribution in [2.45, 2.75) is 39.2 Å². The predicted octanol–water partition coefficient (Wildman–Crippen LogP) is 2.50. The molecule has 0 aliphatic carbocycles. The molecule has 0 radical (unpaired) electrons. The molecule has 2 amide bonds. The molecule has 3 atom stereocenters. The second-order valence-corrected chi connectivity index (χ2v) is 7.36. The molecule has 0 spiro atoms. The van der Waals surface area contributed by atoms with Crippen LogP contribution in [0.1, 0.15) is 43.5 Å². The summed E-state index contributed by atoms with van der Waals surface area (Å²) in [7, 11) is 0. The van der Waals surface area contributed by atoms with Crippen LogP contribution in [0.4, 0.5) is 0 Å². The molecule has 2 aliphatic heterocycles. The maximum atomic E-state index is 13.0. The van der Waals surface area contributed by atoms with E-state index in [2.05, 4.69) is 13.8 Å². The van der Waals surface area contributed by atoms with E-state index in [0.717, 1.165) is 25.9 Å². The van der Waals surface area contributed by atoms with Gasteiger partial charge in [0.15, 0.2) is 0 Å². The summed E-state index contributed by atoms with van der Waals surface area (Å²) in [4.78, 5) is 29.4. The summed E-state index contributed by atoms with van der Waals surface area (Å²) in [5, 5.41) is 9.94. The zero-order valence-corrected chi connectivity index (χ0v) is 14.4. The van der Waals surface area contributed by atoms with E-state index in [9.17, 15) is 14.7 Å². The van der Waals surface area contributed by atoms with E-state index in [1.807, 2.05) is 4.90 Å². The smallest absolute Gasteiger partial charge is 0.258 e. The minimum atomic E-state index is -0.394. The fourth-order valence-corrected chi connectivity index (χ4v) is 4.13. The Morgan fingerprint density at radius 2 is 1.79 bits per heavy atom. The van der Waals surface area contributed by atoms with E-state index in [0.29, 0.717) is 24.8 Å². The van der Waals surface area contributed by atoms with Crippen LogP contribution in [0.3, 0.4) is 0 Å². The summed E-state index contributed by atoms with van der Waals surface area (Å²) < 4.78 is 0. The van der Waals surface area contributed by atoms with E-state index in [1.54, 1.807) is 23.1 Å². The second-order valence-electron chi connectivity index (χ2n) is 7.36. The topological polar surface area (TPSA) is 60.9 Å². The Morgan fingerprint density at radius 3 is 2.46 bits per heavy atom. The van der Waals surface area contributed by atoms with Crippen molar-refractivity contribution < 1.29 is 14.7 Å². The van der Waals surface area contributed by atoms with Crippen LogP contribution in [0, 0.1) is 11.8 Å². The largest absolute Gasteiger partial charge is 0.507 e. The Morgan fingerprint density at radius 1 is 1.12 bits per heavy atom. The van der Waals surface area contributed by atoms with Crippen molar-refractivity contribution in [1.29, 1.82) is 0 Å². The molecule has 0 saturated carbocycles. The van der Waals surface area contributed by atoms with Crippen molar-refractivity contribution in [1.82, 2.24) is 9.80 Å². The molecule has 2 saturated heterocycles. The van der Waals surface area contributed by atoms with Gasteiger partial charge in [0.1, 0.15) is 11.8 Å². The van der Waals surface area contributed by atoms with Crippen LogP contribution in [-0.4, -0.2) is 52.4 Å². The molecule has 5 nitrogen and oxygen atoms in total. The first-order valence-electron chi connectivity index (χ1n) is 8.85. The number of phenols is 1. The van der Waals surface area contributed by atoms with Crippen molar-refractivity contribution in [2.75, 3.05) is 19.6 Å². The molecular weight excluding hydrogens is 304 g/mol. The van der Waals surface area contributed by atoms with Crippen LogP contribution < -0.4 is 0 Å². The maximum Gasteiger partial charge on any atom is 0.258 e. The Balaban J connectivity index is 1.77. The second kappa shape index (κ2) is 6.83. The van der Waals surface area contributed by atoms with Crippen molar-refractivity contribution in [3.8, 4) is 5.75 Å². The fourth-order valence-electron chi connectivity index (χ4n) is 4.13. The van der Waals surface area contributed by atoms with Crippen molar-refractivity contribution in [2.24, 2.45) is 11.8 Å². The summed E-state index contributed by atoms with van der Waals surface area (Å²) in [5.41, 5.74) is 0.276. The van der Waals surface area contributed by atoms with Gasteiger partial charge < -0.3 is 14.9 Å². The molecule has 2 fully saturated rings. The lowest BCUT2D eigenvalue weighted by Crippen LogP contribution is -2.51. The van der Waals surface area contributed by atoms with Gasteiger partial charge in [-0.05, 0) is 43.2 Å². The fraction of sp³-hybridized carbons (Fsp3) is 0.579. The molecule has 130 valence electrons. The Kier molecular flexibility index (Phi) is 4.78. The molecule has 24 heavy (non-hydrogen) atoms. The Bertz CT molecular complexity index is 621. The summed E-state index contributed by atoms with van der Waals surface area (Å²) in [6, 6.07) is 6.15. The van der Waals surface area contributed by atoms with Crippen LogP contribution in [0.25, 0.3) is 0 Å². The van der Waals surface area contributed by atoms with Gasteiger partial charge in [-0.2, -0.15) is 0 Å². The van der Waals surface area contributed by atoms with Gasteiger partial charge in [0.2, 0.25) is 5.91 Å². The minimum absolute atomic E-state index is 0.0270. The number of carbonyl (C=O) groups excluding carboxylic acids is 2. The molecule has 2 aliphatic rings. The maximum absolute atomic E-state index is 13.0. The molecule has 2 heterocycles. The van der Waals surface area contributed by atoms with E-state index in [1.165, 1.54) is 6.07 Å². The molecule has 0 bridgehead atoms. The van der Waals surface area contributed by atoms with Crippen molar-refractivity contribution >= 4 is 11.8 Å². The Hall–Kier alpha value is -2.04. The van der Waals surface area contributed by atoms with E-state index in [4.69, 9.17) is 0 Å². The van der Waals surface area contributed by atoms with Gasteiger partial charge in [0.05, 0.1) is 5.56 Å². The highest BCUT2D eigenvalue weighted by Crippen LogP contribution is 2.28. The normalized spacial score (nSPS) is 27.3. The lowest BCUT2D eigenvalue weighted by molar-refractivity contribution is -0.138. The number of likely N-dealkylation sites (tertiary alicyclic amines) is 2. The predicted molar refractivity (Wildman–Crippen MR) is 91.7 cm³/mol. The molecule has 1 N–H and O–H groups in total. The summed E-state index contributed by atoms with van der Waals surface area (Å²) >= 11 is 0. The van der Waals surface area contributed by atoms with E-state index >= 15 is 0 Å². The Labute approximate surface area is 143 Å². The average Bonchev–Trinajstić information content (AvgIpc) is 3.02. The molecule has 1 aromatic rings. The summed E-state index contributed by atoms with van der Waals surface area (Å²) in [6.45, 7) is 6.48. The highest BCUT2D eigenvalue weighted by Gasteiger charge is 2.39. The zero-order chi connectivity index (χ0) is 17.3. The van der Waals surface area contributed by atoms with Gasteiger partial charge in [-0.15, -0.1) is 0 Å².